The molecule has 0 unspecified atom stereocenters. The maximum absolute atomic E-state index is 12.2. The lowest BCUT2D eigenvalue weighted by molar-refractivity contribution is -0.116. The molecular formula is C20H21ClN4O3S3. The third kappa shape index (κ3) is 7.89. The summed E-state index contributed by atoms with van der Waals surface area (Å²) in [4.78, 5) is 12.2. The number of nitrogens with one attached hydrogen (secondary N) is 2. The van der Waals surface area contributed by atoms with Crippen molar-refractivity contribution in [3.63, 3.8) is 0 Å². The monoisotopic (exact) mass is 496 g/mol. The highest BCUT2D eigenvalue weighted by Crippen LogP contribution is 2.26. The summed E-state index contributed by atoms with van der Waals surface area (Å²) < 4.78 is 27.6. The summed E-state index contributed by atoms with van der Waals surface area (Å²) in [6.45, 7) is -0.0311. The third-order valence-electron chi connectivity index (χ3n) is 4.10. The van der Waals surface area contributed by atoms with Gasteiger partial charge in [-0.3, -0.25) is 4.79 Å². The van der Waals surface area contributed by atoms with Crippen LogP contribution in [-0.4, -0.2) is 36.8 Å². The Labute approximate surface area is 194 Å². The Morgan fingerprint density at radius 3 is 2.55 bits per heavy atom. The predicted molar refractivity (Wildman–Crippen MR) is 125 cm³/mol. The predicted octanol–water partition coefficient (Wildman–Crippen LogP) is 4.22. The summed E-state index contributed by atoms with van der Waals surface area (Å²) in [6, 6.07) is 16.1. The topological polar surface area (TPSA) is 101 Å². The van der Waals surface area contributed by atoms with Crippen LogP contribution in [0.3, 0.4) is 0 Å². The number of benzene rings is 2. The van der Waals surface area contributed by atoms with Gasteiger partial charge in [-0.15, -0.1) is 10.2 Å². The molecule has 1 amide bonds. The van der Waals surface area contributed by atoms with E-state index in [1.807, 2.05) is 18.2 Å². The average molecular weight is 497 g/mol. The minimum atomic E-state index is -3.69. The molecule has 0 bridgehead atoms. The fourth-order valence-corrected chi connectivity index (χ4v) is 5.51. The molecule has 0 spiro atoms. The Bertz CT molecular complexity index is 1090. The van der Waals surface area contributed by atoms with Crippen molar-refractivity contribution in [2.24, 2.45) is 0 Å². The first-order valence-electron chi connectivity index (χ1n) is 9.48. The molecule has 0 atom stereocenters. The van der Waals surface area contributed by atoms with Crippen LogP contribution in [0.4, 0.5) is 5.13 Å². The number of nitrogens with zero attached hydrogens (tertiary/aromatic N) is 2. The fourth-order valence-electron chi connectivity index (χ4n) is 2.58. The zero-order valence-electron chi connectivity index (χ0n) is 16.5. The van der Waals surface area contributed by atoms with Crippen LogP contribution in [-0.2, 0) is 21.2 Å². The maximum Gasteiger partial charge on any atom is 0.240 e. The van der Waals surface area contributed by atoms with Crippen LogP contribution in [0.2, 0.25) is 5.02 Å². The van der Waals surface area contributed by atoms with Crippen LogP contribution in [0, 0.1) is 0 Å². The number of halogens is 1. The molecule has 3 aromatic rings. The van der Waals surface area contributed by atoms with Crippen molar-refractivity contribution in [2.45, 2.75) is 28.5 Å². The van der Waals surface area contributed by atoms with E-state index in [1.54, 1.807) is 11.8 Å². The van der Waals surface area contributed by atoms with E-state index in [1.165, 1.54) is 41.2 Å². The molecule has 0 aliphatic rings. The molecule has 2 aromatic carbocycles. The molecule has 3 rings (SSSR count). The number of aryl methyl sites for hydroxylation is 1. The number of rotatable bonds is 11. The lowest BCUT2D eigenvalue weighted by Crippen LogP contribution is -2.27. The zero-order chi connectivity index (χ0) is 22.1. The maximum atomic E-state index is 12.2. The van der Waals surface area contributed by atoms with Crippen LogP contribution in [0.25, 0.3) is 0 Å². The van der Waals surface area contributed by atoms with Crippen LogP contribution in [0.1, 0.15) is 18.4 Å². The minimum absolute atomic E-state index is 0.0219. The molecule has 0 aliphatic heterocycles. The first-order chi connectivity index (χ1) is 14.9. The smallest absolute Gasteiger partial charge is 0.240 e. The highest BCUT2D eigenvalue weighted by molar-refractivity contribution is 8.01. The number of hydrogen-bond acceptors (Lipinski definition) is 7. The normalized spacial score (nSPS) is 11.4. The second kappa shape index (κ2) is 11.6. The Morgan fingerprint density at radius 1 is 1.06 bits per heavy atom. The van der Waals surface area contributed by atoms with E-state index in [0.29, 0.717) is 10.2 Å². The number of carbonyl (C=O) groups excluding carboxylic acids is 1. The van der Waals surface area contributed by atoms with Crippen LogP contribution in [0.15, 0.2) is 63.8 Å². The molecule has 0 saturated heterocycles. The quantitative estimate of drug-likeness (QED) is 0.234. The number of anilines is 1. The van der Waals surface area contributed by atoms with Crippen molar-refractivity contribution in [3.05, 3.63) is 65.2 Å². The summed E-state index contributed by atoms with van der Waals surface area (Å²) in [5.41, 5.74) is 1.31. The third-order valence-corrected chi connectivity index (χ3v) is 7.89. The van der Waals surface area contributed by atoms with Crippen molar-refractivity contribution < 1.29 is 13.2 Å². The molecule has 164 valence electrons. The van der Waals surface area contributed by atoms with E-state index in [0.717, 1.165) is 22.9 Å². The molecule has 2 N–H and O–H groups in total. The van der Waals surface area contributed by atoms with Gasteiger partial charge in [-0.25, -0.2) is 13.1 Å². The van der Waals surface area contributed by atoms with Gasteiger partial charge >= 0.3 is 0 Å². The van der Waals surface area contributed by atoms with E-state index >= 15 is 0 Å². The first-order valence-corrected chi connectivity index (χ1v) is 13.1. The van der Waals surface area contributed by atoms with Crippen molar-refractivity contribution >= 4 is 55.8 Å². The fraction of sp³-hybridized carbons (Fsp3) is 0.250. The number of amides is 1. The molecule has 7 nitrogen and oxygen atoms in total. The van der Waals surface area contributed by atoms with Gasteiger partial charge in [0.2, 0.25) is 21.1 Å². The lowest BCUT2D eigenvalue weighted by atomic mass is 10.1. The summed E-state index contributed by atoms with van der Waals surface area (Å²) in [6.07, 6.45) is 2.00. The average Bonchev–Trinajstić information content (AvgIpc) is 3.19. The molecule has 0 saturated carbocycles. The second-order valence-electron chi connectivity index (χ2n) is 6.46. The Hall–Kier alpha value is -1.98. The SMILES string of the molecule is O=C(CCNS(=O)(=O)c1ccc(Cl)cc1)Nc1nnc(SCCCc2ccccc2)s1. The second-order valence-corrected chi connectivity index (χ2v) is 11.0. The van der Waals surface area contributed by atoms with Gasteiger partial charge in [-0.2, -0.15) is 0 Å². The van der Waals surface area contributed by atoms with E-state index in [9.17, 15) is 13.2 Å². The number of aromatic nitrogens is 2. The Kier molecular flexibility index (Phi) is 8.85. The van der Waals surface area contributed by atoms with Crippen molar-refractivity contribution in [1.29, 1.82) is 0 Å². The number of thioether (sulfide) groups is 1. The van der Waals surface area contributed by atoms with Gasteiger partial charge in [0.05, 0.1) is 4.90 Å². The molecular weight excluding hydrogens is 476 g/mol. The Balaban J connectivity index is 1.37. The van der Waals surface area contributed by atoms with Gasteiger partial charge in [-0.1, -0.05) is 65.0 Å². The summed E-state index contributed by atoms with van der Waals surface area (Å²) in [7, 11) is -3.69. The summed E-state index contributed by atoms with van der Waals surface area (Å²) in [5.74, 6) is 0.569. The van der Waals surface area contributed by atoms with Gasteiger partial charge in [0.1, 0.15) is 0 Å². The zero-order valence-corrected chi connectivity index (χ0v) is 19.7. The Morgan fingerprint density at radius 2 is 1.81 bits per heavy atom. The van der Waals surface area contributed by atoms with Gasteiger partial charge in [-0.05, 0) is 42.7 Å². The first kappa shape index (κ1) is 23.7. The molecule has 0 fully saturated rings. The van der Waals surface area contributed by atoms with Crippen LogP contribution in [0.5, 0.6) is 0 Å². The molecule has 1 heterocycles. The van der Waals surface area contributed by atoms with Gasteiger partial charge < -0.3 is 5.32 Å². The number of carbonyl (C=O) groups is 1. The highest BCUT2D eigenvalue weighted by atomic mass is 35.5. The molecule has 0 radical (unpaired) electrons. The summed E-state index contributed by atoms with van der Waals surface area (Å²) >= 11 is 8.67. The van der Waals surface area contributed by atoms with Crippen LogP contribution >= 0.6 is 34.7 Å². The van der Waals surface area contributed by atoms with Gasteiger partial charge in [0, 0.05) is 23.7 Å². The largest absolute Gasteiger partial charge is 0.300 e. The van der Waals surface area contributed by atoms with E-state index in [4.69, 9.17) is 11.6 Å². The molecule has 31 heavy (non-hydrogen) atoms. The highest BCUT2D eigenvalue weighted by Gasteiger charge is 2.15. The summed E-state index contributed by atoms with van der Waals surface area (Å²) in [5, 5.41) is 11.5. The molecule has 1 aromatic heterocycles. The number of hydrogen-bond donors (Lipinski definition) is 2. The van der Waals surface area contributed by atoms with Gasteiger partial charge in [0.15, 0.2) is 4.34 Å². The van der Waals surface area contributed by atoms with Crippen molar-refractivity contribution in [2.75, 3.05) is 17.6 Å². The van der Waals surface area contributed by atoms with Gasteiger partial charge in [0.25, 0.3) is 0 Å². The molecule has 11 heteroatoms. The van der Waals surface area contributed by atoms with Crippen molar-refractivity contribution in [1.82, 2.24) is 14.9 Å². The van der Waals surface area contributed by atoms with Crippen LogP contribution < -0.4 is 10.0 Å². The van der Waals surface area contributed by atoms with E-state index in [2.05, 4.69) is 32.4 Å². The standard InChI is InChI=1S/C20H21ClN4O3S3/c21-16-8-10-17(11-9-16)31(27,28)22-13-12-18(26)23-19-24-25-20(30-19)29-14-4-7-15-5-2-1-3-6-15/h1-3,5-6,8-11,22H,4,7,12-14H2,(H,23,24,26). The minimum Gasteiger partial charge on any atom is -0.300 e. The molecule has 0 aliphatic carbocycles. The number of sulfonamides is 1. The van der Waals surface area contributed by atoms with Crippen molar-refractivity contribution in [3.8, 4) is 0 Å². The lowest BCUT2D eigenvalue weighted by Gasteiger charge is -2.06. The van der Waals surface area contributed by atoms with E-state index in [-0.39, 0.29) is 23.8 Å². The van der Waals surface area contributed by atoms with E-state index < -0.39 is 10.0 Å².